The zero-order valence-corrected chi connectivity index (χ0v) is 14.9. The summed E-state index contributed by atoms with van der Waals surface area (Å²) in [6.07, 6.45) is 1.80. The van der Waals surface area contributed by atoms with Crippen LogP contribution in [-0.4, -0.2) is 72.5 Å². The molecular weight excluding hydrogens is 300 g/mol. The molecule has 1 amide bonds. The molecule has 5 heteroatoms. The Balaban J connectivity index is 1.58. The quantitative estimate of drug-likeness (QED) is 0.910. The van der Waals surface area contributed by atoms with Crippen LogP contribution in [0, 0.1) is 0 Å². The highest BCUT2D eigenvalue weighted by Gasteiger charge is 2.27. The van der Waals surface area contributed by atoms with Gasteiger partial charge in [-0.25, -0.2) is 0 Å². The molecule has 2 heterocycles. The van der Waals surface area contributed by atoms with Crippen LogP contribution in [0.2, 0.25) is 0 Å². The van der Waals surface area contributed by atoms with Crippen LogP contribution in [0.3, 0.4) is 0 Å². The van der Waals surface area contributed by atoms with Crippen molar-refractivity contribution in [3.8, 4) is 0 Å². The number of nitrogens with zero attached hydrogens (tertiary/aromatic N) is 3. The first-order valence-corrected chi connectivity index (χ1v) is 9.09. The first-order valence-electron chi connectivity index (χ1n) is 9.09. The summed E-state index contributed by atoms with van der Waals surface area (Å²) in [6, 6.07) is 8.63. The monoisotopic (exact) mass is 330 g/mol. The molecule has 1 aromatic rings. The third-order valence-corrected chi connectivity index (χ3v) is 5.38. The number of likely N-dealkylation sites (N-methyl/N-ethyl adjacent to an activating group) is 1. The molecule has 2 atom stereocenters. The minimum absolute atomic E-state index is 0.139. The Hall–Kier alpha value is -1.43. The number of nitrogens with two attached hydrogens (primary N) is 1. The standard InChI is InChI=1S/C19H30N4O/c1-15-13-18(20)7-8-23(15)19(24)17-5-3-16(4-6-17)14-22-11-9-21(2)10-12-22/h3-6,15,18H,7-14,20H2,1-2H3/t15-,18+/m1/s1. The summed E-state index contributed by atoms with van der Waals surface area (Å²) in [7, 11) is 2.17. The molecule has 0 bridgehead atoms. The third kappa shape index (κ3) is 4.15. The van der Waals surface area contributed by atoms with E-state index in [1.54, 1.807) is 0 Å². The smallest absolute Gasteiger partial charge is 0.254 e. The molecule has 0 saturated carbocycles. The summed E-state index contributed by atoms with van der Waals surface area (Å²) in [6.45, 7) is 8.32. The second kappa shape index (κ2) is 7.64. The highest BCUT2D eigenvalue weighted by Crippen LogP contribution is 2.19. The van der Waals surface area contributed by atoms with Gasteiger partial charge in [-0.3, -0.25) is 9.69 Å². The normalized spacial score (nSPS) is 26.5. The summed E-state index contributed by atoms with van der Waals surface area (Å²) in [4.78, 5) is 19.5. The van der Waals surface area contributed by atoms with Crippen LogP contribution >= 0.6 is 0 Å². The summed E-state index contributed by atoms with van der Waals surface area (Å²) < 4.78 is 0. The fourth-order valence-corrected chi connectivity index (χ4v) is 3.69. The number of piperidine rings is 1. The van der Waals surface area contributed by atoms with Crippen LogP contribution in [0.4, 0.5) is 0 Å². The maximum absolute atomic E-state index is 12.7. The van der Waals surface area contributed by atoms with E-state index in [1.165, 1.54) is 5.56 Å². The number of benzene rings is 1. The molecule has 2 N–H and O–H groups in total. The number of likely N-dealkylation sites (tertiary alicyclic amines) is 1. The summed E-state index contributed by atoms with van der Waals surface area (Å²) in [5.41, 5.74) is 8.07. The second-order valence-corrected chi connectivity index (χ2v) is 7.41. The molecule has 132 valence electrons. The van der Waals surface area contributed by atoms with Gasteiger partial charge in [-0.05, 0) is 44.5 Å². The summed E-state index contributed by atoms with van der Waals surface area (Å²) >= 11 is 0. The van der Waals surface area contributed by atoms with Crippen LogP contribution in [-0.2, 0) is 6.54 Å². The largest absolute Gasteiger partial charge is 0.336 e. The van der Waals surface area contributed by atoms with Crippen LogP contribution in [0.15, 0.2) is 24.3 Å². The lowest BCUT2D eigenvalue weighted by atomic mass is 9.98. The van der Waals surface area contributed by atoms with E-state index in [4.69, 9.17) is 5.73 Å². The van der Waals surface area contributed by atoms with Gasteiger partial charge in [0.15, 0.2) is 0 Å². The number of amides is 1. The van der Waals surface area contributed by atoms with Crippen LogP contribution in [0.5, 0.6) is 0 Å². The van der Waals surface area contributed by atoms with Crippen LogP contribution in [0.25, 0.3) is 0 Å². The van der Waals surface area contributed by atoms with Crippen molar-refractivity contribution >= 4 is 5.91 Å². The zero-order valence-electron chi connectivity index (χ0n) is 14.9. The molecule has 0 aromatic heterocycles. The van der Waals surface area contributed by atoms with E-state index >= 15 is 0 Å². The second-order valence-electron chi connectivity index (χ2n) is 7.41. The number of hydrogen-bond acceptors (Lipinski definition) is 4. The lowest BCUT2D eigenvalue weighted by Crippen LogP contribution is -2.48. The minimum atomic E-state index is 0.139. The predicted octanol–water partition coefficient (Wildman–Crippen LogP) is 1.39. The number of carbonyl (C=O) groups excluding carboxylic acids is 1. The van der Waals surface area contributed by atoms with Crippen molar-refractivity contribution in [3.05, 3.63) is 35.4 Å². The van der Waals surface area contributed by atoms with Gasteiger partial charge in [0.25, 0.3) is 5.91 Å². The molecule has 0 spiro atoms. The lowest BCUT2D eigenvalue weighted by molar-refractivity contribution is 0.0619. The molecule has 5 nitrogen and oxygen atoms in total. The molecule has 0 aliphatic carbocycles. The molecule has 2 aliphatic heterocycles. The molecule has 0 unspecified atom stereocenters. The van der Waals surface area contributed by atoms with Gasteiger partial charge in [0.1, 0.15) is 0 Å². The van der Waals surface area contributed by atoms with Crippen molar-refractivity contribution in [1.82, 2.24) is 14.7 Å². The molecule has 2 aliphatic rings. The van der Waals surface area contributed by atoms with Crippen molar-refractivity contribution in [1.29, 1.82) is 0 Å². The molecule has 3 rings (SSSR count). The van der Waals surface area contributed by atoms with Gasteiger partial charge in [-0.1, -0.05) is 12.1 Å². The highest BCUT2D eigenvalue weighted by molar-refractivity contribution is 5.94. The SMILES string of the molecule is C[C@@H]1C[C@@H](N)CCN1C(=O)c1ccc(CN2CCN(C)CC2)cc1. The maximum atomic E-state index is 12.7. The van der Waals surface area contributed by atoms with Gasteiger partial charge < -0.3 is 15.5 Å². The van der Waals surface area contributed by atoms with Gasteiger partial charge >= 0.3 is 0 Å². The molecule has 1 aromatic carbocycles. The number of hydrogen-bond donors (Lipinski definition) is 1. The Bertz CT molecular complexity index is 551. The van der Waals surface area contributed by atoms with E-state index in [0.29, 0.717) is 0 Å². The van der Waals surface area contributed by atoms with E-state index < -0.39 is 0 Å². The topological polar surface area (TPSA) is 52.8 Å². The maximum Gasteiger partial charge on any atom is 0.254 e. The zero-order chi connectivity index (χ0) is 17.1. The van der Waals surface area contributed by atoms with E-state index in [0.717, 1.165) is 57.7 Å². The Kier molecular flexibility index (Phi) is 5.54. The van der Waals surface area contributed by atoms with Crippen molar-refractivity contribution in [2.75, 3.05) is 39.8 Å². The van der Waals surface area contributed by atoms with E-state index in [1.807, 2.05) is 17.0 Å². The van der Waals surface area contributed by atoms with E-state index in [9.17, 15) is 4.79 Å². The Morgan fingerprint density at radius 3 is 2.42 bits per heavy atom. The molecule has 24 heavy (non-hydrogen) atoms. The fraction of sp³-hybridized carbons (Fsp3) is 0.632. The number of rotatable bonds is 3. The lowest BCUT2D eigenvalue weighted by Gasteiger charge is -2.36. The van der Waals surface area contributed by atoms with Gasteiger partial charge in [0.05, 0.1) is 0 Å². The van der Waals surface area contributed by atoms with Crippen molar-refractivity contribution in [3.63, 3.8) is 0 Å². The average molecular weight is 330 g/mol. The summed E-state index contributed by atoms with van der Waals surface area (Å²) in [5, 5.41) is 0. The summed E-state index contributed by atoms with van der Waals surface area (Å²) in [5.74, 6) is 0.139. The predicted molar refractivity (Wildman–Crippen MR) is 96.9 cm³/mol. The van der Waals surface area contributed by atoms with Crippen molar-refractivity contribution in [2.45, 2.75) is 38.4 Å². The van der Waals surface area contributed by atoms with Gasteiger partial charge in [-0.15, -0.1) is 0 Å². The Labute approximate surface area is 145 Å². The number of piperazine rings is 1. The molecular formula is C19H30N4O. The first kappa shape index (κ1) is 17.4. The molecule has 2 fully saturated rings. The number of carbonyl (C=O) groups is 1. The van der Waals surface area contributed by atoms with E-state index in [-0.39, 0.29) is 18.0 Å². The van der Waals surface area contributed by atoms with Crippen LogP contribution < -0.4 is 5.73 Å². The van der Waals surface area contributed by atoms with Gasteiger partial charge in [0, 0.05) is 56.9 Å². The minimum Gasteiger partial charge on any atom is -0.336 e. The highest BCUT2D eigenvalue weighted by atomic mass is 16.2. The Morgan fingerprint density at radius 1 is 1.12 bits per heavy atom. The molecule has 0 radical (unpaired) electrons. The average Bonchev–Trinajstić information content (AvgIpc) is 2.57. The van der Waals surface area contributed by atoms with Crippen LogP contribution in [0.1, 0.15) is 35.7 Å². The molecule has 2 saturated heterocycles. The first-order chi connectivity index (χ1) is 11.5. The van der Waals surface area contributed by atoms with Crippen molar-refractivity contribution < 1.29 is 4.79 Å². The third-order valence-electron chi connectivity index (χ3n) is 5.38. The van der Waals surface area contributed by atoms with Gasteiger partial charge in [-0.2, -0.15) is 0 Å². The van der Waals surface area contributed by atoms with E-state index in [2.05, 4.69) is 35.9 Å². The van der Waals surface area contributed by atoms with Gasteiger partial charge in [0.2, 0.25) is 0 Å². The fourth-order valence-electron chi connectivity index (χ4n) is 3.69. The van der Waals surface area contributed by atoms with Crippen molar-refractivity contribution in [2.24, 2.45) is 5.73 Å². The Morgan fingerprint density at radius 2 is 1.79 bits per heavy atom.